The molecule has 100 valence electrons. The summed E-state index contributed by atoms with van der Waals surface area (Å²) in [5.74, 6) is 0.333. The van der Waals surface area contributed by atoms with E-state index in [0.717, 1.165) is 39.0 Å². The van der Waals surface area contributed by atoms with Crippen molar-refractivity contribution in [1.29, 1.82) is 0 Å². The second kappa shape index (κ2) is 5.19. The first-order valence-electron chi connectivity index (χ1n) is 6.24. The van der Waals surface area contributed by atoms with E-state index in [1.165, 1.54) is 10.4 Å². The Morgan fingerprint density at radius 1 is 1.56 bits per heavy atom. The minimum atomic E-state index is -0.173. The Balaban J connectivity index is 0.00000120. The van der Waals surface area contributed by atoms with Gasteiger partial charge in [0.25, 0.3) is 0 Å². The Labute approximate surface area is 118 Å². The number of nitrogens with zero attached hydrogens (tertiary/aromatic N) is 1. The van der Waals surface area contributed by atoms with Crippen LogP contribution in [0.1, 0.15) is 23.8 Å². The number of carbonyl (C=O) groups is 1. The molecule has 1 fully saturated rings. The number of thiophene rings is 1. The molecule has 0 bridgehead atoms. The fraction of sp³-hybridized carbons (Fsp3) is 0.615. The molecule has 3 nitrogen and oxygen atoms in total. The third-order valence-electron chi connectivity index (χ3n) is 3.98. The molecule has 0 aromatic carbocycles. The highest BCUT2D eigenvalue weighted by molar-refractivity contribution is 7.10. The fourth-order valence-corrected chi connectivity index (χ4v) is 3.69. The minimum Gasteiger partial charge on any atom is -0.337 e. The molecule has 18 heavy (non-hydrogen) atoms. The second-order valence-electron chi connectivity index (χ2n) is 5.33. The van der Waals surface area contributed by atoms with Gasteiger partial charge in [0.05, 0.1) is 5.41 Å². The molecule has 1 aromatic rings. The van der Waals surface area contributed by atoms with Crippen LogP contribution in [0.5, 0.6) is 0 Å². The molecule has 1 amide bonds. The molecule has 0 aliphatic carbocycles. The molecular weight excluding hydrogens is 268 g/mol. The van der Waals surface area contributed by atoms with Crippen LogP contribution in [0, 0.1) is 5.41 Å². The monoisotopic (exact) mass is 286 g/mol. The Hall–Kier alpha value is -0.580. The van der Waals surface area contributed by atoms with E-state index in [9.17, 15) is 4.79 Å². The van der Waals surface area contributed by atoms with Crippen molar-refractivity contribution in [2.24, 2.45) is 5.41 Å². The van der Waals surface area contributed by atoms with E-state index in [0.29, 0.717) is 5.91 Å². The van der Waals surface area contributed by atoms with E-state index >= 15 is 0 Å². The normalized spacial score (nSPS) is 26.6. The number of hydrogen-bond donors (Lipinski definition) is 1. The average Bonchev–Trinajstić information content (AvgIpc) is 2.96. The summed E-state index contributed by atoms with van der Waals surface area (Å²) in [7, 11) is 0. The Morgan fingerprint density at radius 3 is 3.11 bits per heavy atom. The van der Waals surface area contributed by atoms with Gasteiger partial charge in [-0.25, -0.2) is 0 Å². The molecule has 3 heterocycles. The predicted molar refractivity (Wildman–Crippen MR) is 76.3 cm³/mol. The molecule has 3 rings (SSSR count). The van der Waals surface area contributed by atoms with Crippen molar-refractivity contribution < 1.29 is 4.79 Å². The van der Waals surface area contributed by atoms with Gasteiger partial charge in [0.2, 0.25) is 5.91 Å². The summed E-state index contributed by atoms with van der Waals surface area (Å²) in [6.07, 6.45) is 2.00. The lowest BCUT2D eigenvalue weighted by Gasteiger charge is -2.33. The van der Waals surface area contributed by atoms with Gasteiger partial charge in [-0.3, -0.25) is 4.79 Å². The number of carbonyl (C=O) groups excluding carboxylic acids is 1. The highest BCUT2D eigenvalue weighted by Crippen LogP contribution is 2.31. The van der Waals surface area contributed by atoms with Gasteiger partial charge in [0, 0.05) is 24.5 Å². The summed E-state index contributed by atoms with van der Waals surface area (Å²) < 4.78 is 0. The van der Waals surface area contributed by atoms with Crippen LogP contribution in [0.25, 0.3) is 0 Å². The van der Waals surface area contributed by atoms with E-state index in [1.807, 2.05) is 16.2 Å². The van der Waals surface area contributed by atoms with Crippen molar-refractivity contribution in [2.45, 2.75) is 26.3 Å². The van der Waals surface area contributed by atoms with Gasteiger partial charge in [0.15, 0.2) is 0 Å². The topological polar surface area (TPSA) is 32.3 Å². The fourth-order valence-electron chi connectivity index (χ4n) is 2.80. The van der Waals surface area contributed by atoms with E-state index in [4.69, 9.17) is 0 Å². The standard InChI is InChI=1S/C13H18N2OS.ClH/c1-13(4-5-14-9-13)12(16)15-6-2-11-10(8-15)3-7-17-11;/h3,7,14H,2,4-6,8-9H2,1H3;1H. The van der Waals surface area contributed by atoms with Crippen LogP contribution in [0.4, 0.5) is 0 Å². The number of nitrogens with one attached hydrogen (secondary N) is 1. The first kappa shape index (κ1) is 13.8. The summed E-state index contributed by atoms with van der Waals surface area (Å²) >= 11 is 1.82. The first-order valence-corrected chi connectivity index (χ1v) is 7.12. The summed E-state index contributed by atoms with van der Waals surface area (Å²) in [5, 5.41) is 5.44. The Bertz CT molecular complexity index is 440. The van der Waals surface area contributed by atoms with Crippen molar-refractivity contribution in [2.75, 3.05) is 19.6 Å². The maximum absolute atomic E-state index is 12.5. The van der Waals surface area contributed by atoms with Crippen LogP contribution in [-0.2, 0) is 17.8 Å². The maximum atomic E-state index is 12.5. The number of amides is 1. The van der Waals surface area contributed by atoms with Gasteiger partial charge in [-0.05, 0) is 43.3 Å². The number of halogens is 1. The predicted octanol–water partition coefficient (Wildman–Crippen LogP) is 2.05. The number of hydrogen-bond acceptors (Lipinski definition) is 3. The van der Waals surface area contributed by atoms with Gasteiger partial charge in [-0.2, -0.15) is 0 Å². The Kier molecular flexibility index (Phi) is 3.99. The van der Waals surface area contributed by atoms with Gasteiger partial charge in [0.1, 0.15) is 0 Å². The molecule has 5 heteroatoms. The van der Waals surface area contributed by atoms with Crippen molar-refractivity contribution in [3.05, 3.63) is 21.9 Å². The molecular formula is C13H19ClN2OS. The van der Waals surface area contributed by atoms with Crippen LogP contribution in [0.3, 0.4) is 0 Å². The van der Waals surface area contributed by atoms with Crippen LogP contribution in [0.2, 0.25) is 0 Å². The number of rotatable bonds is 1. The molecule has 1 N–H and O–H groups in total. The summed E-state index contributed by atoms with van der Waals surface area (Å²) in [5.41, 5.74) is 1.18. The first-order chi connectivity index (χ1) is 8.19. The van der Waals surface area contributed by atoms with E-state index in [1.54, 1.807) is 0 Å². The van der Waals surface area contributed by atoms with Gasteiger partial charge in [-0.15, -0.1) is 23.7 Å². The lowest BCUT2D eigenvalue weighted by Crippen LogP contribution is -2.45. The lowest BCUT2D eigenvalue weighted by molar-refractivity contribution is -0.141. The zero-order chi connectivity index (χ0) is 11.9. The van der Waals surface area contributed by atoms with Crippen LogP contribution >= 0.6 is 23.7 Å². The highest BCUT2D eigenvalue weighted by Gasteiger charge is 2.39. The summed E-state index contributed by atoms with van der Waals surface area (Å²) in [6.45, 7) is 5.60. The minimum absolute atomic E-state index is 0. The molecule has 1 unspecified atom stereocenters. The van der Waals surface area contributed by atoms with Crippen LogP contribution in [-0.4, -0.2) is 30.4 Å². The molecule has 0 saturated carbocycles. The van der Waals surface area contributed by atoms with Crippen molar-refractivity contribution >= 4 is 29.7 Å². The van der Waals surface area contributed by atoms with Crippen molar-refractivity contribution in [3.8, 4) is 0 Å². The zero-order valence-electron chi connectivity index (χ0n) is 10.6. The quantitative estimate of drug-likeness (QED) is 0.857. The molecule has 2 aliphatic heterocycles. The average molecular weight is 287 g/mol. The van der Waals surface area contributed by atoms with Gasteiger partial charge < -0.3 is 10.2 Å². The third kappa shape index (κ3) is 2.29. The smallest absolute Gasteiger partial charge is 0.230 e. The van der Waals surface area contributed by atoms with Gasteiger partial charge in [-0.1, -0.05) is 0 Å². The van der Waals surface area contributed by atoms with Crippen molar-refractivity contribution in [1.82, 2.24) is 10.2 Å². The third-order valence-corrected chi connectivity index (χ3v) is 5.00. The van der Waals surface area contributed by atoms with E-state index in [2.05, 4.69) is 23.7 Å². The zero-order valence-corrected chi connectivity index (χ0v) is 12.2. The lowest BCUT2D eigenvalue weighted by atomic mass is 9.87. The molecule has 0 spiro atoms. The van der Waals surface area contributed by atoms with E-state index in [-0.39, 0.29) is 17.8 Å². The largest absolute Gasteiger partial charge is 0.337 e. The summed E-state index contributed by atoms with van der Waals surface area (Å²) in [4.78, 5) is 16.0. The highest BCUT2D eigenvalue weighted by atomic mass is 35.5. The SMILES string of the molecule is CC1(C(=O)N2CCc3sccc3C2)CCNC1.Cl. The molecule has 1 aromatic heterocycles. The maximum Gasteiger partial charge on any atom is 0.230 e. The summed E-state index contributed by atoms with van der Waals surface area (Å²) in [6, 6.07) is 2.16. The molecule has 1 atom stereocenters. The molecule has 2 aliphatic rings. The molecule has 1 saturated heterocycles. The van der Waals surface area contributed by atoms with E-state index < -0.39 is 0 Å². The van der Waals surface area contributed by atoms with Crippen LogP contribution in [0.15, 0.2) is 11.4 Å². The van der Waals surface area contributed by atoms with Gasteiger partial charge >= 0.3 is 0 Å². The van der Waals surface area contributed by atoms with Crippen molar-refractivity contribution in [3.63, 3.8) is 0 Å². The number of fused-ring (bicyclic) bond motifs is 1. The second-order valence-corrected chi connectivity index (χ2v) is 6.33. The molecule has 0 radical (unpaired) electrons. The van der Waals surface area contributed by atoms with Crippen LogP contribution < -0.4 is 5.32 Å². The Morgan fingerprint density at radius 2 is 2.39 bits per heavy atom.